The van der Waals surface area contributed by atoms with Gasteiger partial charge in [0.15, 0.2) is 0 Å². The van der Waals surface area contributed by atoms with Crippen LogP contribution in [0.15, 0.2) is 30.3 Å². The zero-order valence-corrected chi connectivity index (χ0v) is 15.4. The number of hydrogen-bond donors (Lipinski definition) is 1. The predicted molar refractivity (Wildman–Crippen MR) is 102 cm³/mol. The zero-order valence-electron chi connectivity index (χ0n) is 14.6. The van der Waals surface area contributed by atoms with Crippen molar-refractivity contribution < 1.29 is 4.79 Å². The van der Waals surface area contributed by atoms with Crippen molar-refractivity contribution in [2.75, 3.05) is 38.2 Å². The number of nitrogens with one attached hydrogen (secondary N) is 1. The first kappa shape index (κ1) is 17.6. The molecule has 0 saturated carbocycles. The summed E-state index contributed by atoms with van der Waals surface area (Å²) >= 11 is 1.95. The van der Waals surface area contributed by atoms with Gasteiger partial charge >= 0.3 is 6.03 Å². The van der Waals surface area contributed by atoms with E-state index in [9.17, 15) is 4.79 Å². The number of urea groups is 1. The van der Waals surface area contributed by atoms with Crippen LogP contribution in [0.3, 0.4) is 0 Å². The van der Waals surface area contributed by atoms with Gasteiger partial charge in [0, 0.05) is 44.5 Å². The van der Waals surface area contributed by atoms with Crippen molar-refractivity contribution in [3.8, 4) is 0 Å². The van der Waals surface area contributed by atoms with Crippen LogP contribution in [-0.4, -0.2) is 66.1 Å². The minimum Gasteiger partial charge on any atom is -0.335 e. The Kier molecular flexibility index (Phi) is 6.44. The molecule has 1 N–H and O–H groups in total. The molecule has 24 heavy (non-hydrogen) atoms. The summed E-state index contributed by atoms with van der Waals surface area (Å²) in [6, 6.07) is 11.5. The first-order valence-electron chi connectivity index (χ1n) is 9.10. The molecule has 2 amide bonds. The van der Waals surface area contributed by atoms with Crippen LogP contribution in [0.2, 0.25) is 0 Å². The standard InChI is InChI=1S/C19H29N3OS/c1-21(18-10-14-24-15-18)19(23)20-17-8-12-22(13-9-17)11-7-16-5-3-2-4-6-16/h2-6,17-18H,7-15H2,1H3,(H,20,23). The van der Waals surface area contributed by atoms with Gasteiger partial charge in [0.25, 0.3) is 0 Å². The Morgan fingerprint density at radius 1 is 1.25 bits per heavy atom. The molecule has 4 nitrogen and oxygen atoms in total. The van der Waals surface area contributed by atoms with Gasteiger partial charge in [-0.25, -0.2) is 4.79 Å². The molecule has 1 aromatic rings. The van der Waals surface area contributed by atoms with E-state index < -0.39 is 0 Å². The molecule has 0 spiro atoms. The highest BCUT2D eigenvalue weighted by molar-refractivity contribution is 7.99. The van der Waals surface area contributed by atoms with E-state index in [4.69, 9.17) is 0 Å². The van der Waals surface area contributed by atoms with Crippen LogP contribution < -0.4 is 5.32 Å². The third kappa shape index (κ3) is 4.90. The lowest BCUT2D eigenvalue weighted by Crippen LogP contribution is -2.50. The summed E-state index contributed by atoms with van der Waals surface area (Å²) in [5.41, 5.74) is 1.41. The number of likely N-dealkylation sites (tertiary alicyclic amines) is 1. The lowest BCUT2D eigenvalue weighted by atomic mass is 10.0. The van der Waals surface area contributed by atoms with Crippen LogP contribution in [0.4, 0.5) is 4.79 Å². The molecule has 3 rings (SSSR count). The number of amides is 2. The molecule has 132 valence electrons. The summed E-state index contributed by atoms with van der Waals surface area (Å²) in [5, 5.41) is 3.24. The topological polar surface area (TPSA) is 35.6 Å². The lowest BCUT2D eigenvalue weighted by molar-refractivity contribution is 0.171. The largest absolute Gasteiger partial charge is 0.335 e. The van der Waals surface area contributed by atoms with Gasteiger partial charge in [0.05, 0.1) is 0 Å². The Morgan fingerprint density at radius 3 is 2.67 bits per heavy atom. The Balaban J connectivity index is 1.36. The quantitative estimate of drug-likeness (QED) is 0.890. The molecule has 1 unspecified atom stereocenters. The predicted octanol–water partition coefficient (Wildman–Crippen LogP) is 2.84. The molecule has 2 fully saturated rings. The van der Waals surface area contributed by atoms with Crippen molar-refractivity contribution in [2.45, 2.75) is 37.8 Å². The Labute approximate surface area is 150 Å². The highest BCUT2D eigenvalue weighted by atomic mass is 32.2. The van der Waals surface area contributed by atoms with Crippen molar-refractivity contribution in [1.82, 2.24) is 15.1 Å². The van der Waals surface area contributed by atoms with Gasteiger partial charge in [0.2, 0.25) is 0 Å². The van der Waals surface area contributed by atoms with Gasteiger partial charge < -0.3 is 15.1 Å². The molecule has 0 radical (unpaired) electrons. The average Bonchev–Trinajstić information content (AvgIpc) is 3.16. The Bertz CT molecular complexity index is 511. The summed E-state index contributed by atoms with van der Waals surface area (Å²) in [6.45, 7) is 3.28. The average molecular weight is 348 g/mol. The molecule has 2 aliphatic rings. The SMILES string of the molecule is CN(C(=O)NC1CCN(CCc2ccccc2)CC1)C1CCSC1. The van der Waals surface area contributed by atoms with E-state index in [1.54, 1.807) is 0 Å². The summed E-state index contributed by atoms with van der Waals surface area (Å²) in [5.74, 6) is 2.27. The molecule has 0 aromatic heterocycles. The van der Waals surface area contributed by atoms with E-state index >= 15 is 0 Å². The van der Waals surface area contributed by atoms with Gasteiger partial charge in [-0.1, -0.05) is 30.3 Å². The number of carbonyl (C=O) groups excluding carboxylic acids is 1. The maximum absolute atomic E-state index is 12.4. The fourth-order valence-corrected chi connectivity index (χ4v) is 4.77. The minimum atomic E-state index is 0.116. The maximum atomic E-state index is 12.4. The van der Waals surface area contributed by atoms with Crippen LogP contribution >= 0.6 is 11.8 Å². The van der Waals surface area contributed by atoms with Gasteiger partial charge in [-0.2, -0.15) is 11.8 Å². The van der Waals surface area contributed by atoms with E-state index in [0.717, 1.165) is 51.1 Å². The van der Waals surface area contributed by atoms with Crippen molar-refractivity contribution in [3.05, 3.63) is 35.9 Å². The summed E-state index contributed by atoms with van der Waals surface area (Å²) in [4.78, 5) is 16.8. The molecule has 2 heterocycles. The molecular weight excluding hydrogens is 318 g/mol. The Hall–Kier alpha value is -1.20. The van der Waals surface area contributed by atoms with Crippen LogP contribution in [-0.2, 0) is 6.42 Å². The van der Waals surface area contributed by atoms with Crippen LogP contribution in [0, 0.1) is 0 Å². The minimum absolute atomic E-state index is 0.116. The van der Waals surface area contributed by atoms with E-state index in [2.05, 4.69) is 40.5 Å². The van der Waals surface area contributed by atoms with Crippen LogP contribution in [0.1, 0.15) is 24.8 Å². The molecule has 2 saturated heterocycles. The highest BCUT2D eigenvalue weighted by Gasteiger charge is 2.26. The number of thioether (sulfide) groups is 1. The third-order valence-corrected chi connectivity index (χ3v) is 6.39. The van der Waals surface area contributed by atoms with Crippen molar-refractivity contribution in [3.63, 3.8) is 0 Å². The Morgan fingerprint density at radius 2 is 2.00 bits per heavy atom. The summed E-state index contributed by atoms with van der Waals surface area (Å²) in [6.07, 6.45) is 4.37. The number of rotatable bonds is 5. The molecule has 0 bridgehead atoms. The van der Waals surface area contributed by atoms with Crippen LogP contribution in [0.5, 0.6) is 0 Å². The van der Waals surface area contributed by atoms with E-state index in [1.165, 1.54) is 11.3 Å². The number of carbonyl (C=O) groups is 1. The van der Waals surface area contributed by atoms with E-state index in [1.807, 2.05) is 23.7 Å². The first-order chi connectivity index (χ1) is 11.7. The summed E-state index contributed by atoms with van der Waals surface area (Å²) < 4.78 is 0. The van der Waals surface area contributed by atoms with Crippen molar-refractivity contribution in [2.24, 2.45) is 0 Å². The van der Waals surface area contributed by atoms with Crippen molar-refractivity contribution >= 4 is 17.8 Å². The van der Waals surface area contributed by atoms with Crippen LogP contribution in [0.25, 0.3) is 0 Å². The van der Waals surface area contributed by atoms with Gasteiger partial charge in [-0.05, 0) is 37.0 Å². The second-order valence-corrected chi connectivity index (χ2v) is 8.08. The number of hydrogen-bond acceptors (Lipinski definition) is 3. The van der Waals surface area contributed by atoms with Gasteiger partial charge in [-0.3, -0.25) is 0 Å². The number of piperidine rings is 1. The van der Waals surface area contributed by atoms with E-state index in [-0.39, 0.29) is 6.03 Å². The normalized spacial score (nSPS) is 22.5. The number of nitrogens with zero attached hydrogens (tertiary/aromatic N) is 2. The summed E-state index contributed by atoms with van der Waals surface area (Å²) in [7, 11) is 1.95. The molecule has 1 aromatic carbocycles. The molecular formula is C19H29N3OS. The fraction of sp³-hybridized carbons (Fsp3) is 0.632. The van der Waals surface area contributed by atoms with Gasteiger partial charge in [0.1, 0.15) is 0 Å². The van der Waals surface area contributed by atoms with E-state index in [0.29, 0.717) is 12.1 Å². The fourth-order valence-electron chi connectivity index (χ4n) is 3.50. The second-order valence-electron chi connectivity index (χ2n) is 6.93. The maximum Gasteiger partial charge on any atom is 0.317 e. The number of benzene rings is 1. The van der Waals surface area contributed by atoms with Gasteiger partial charge in [-0.15, -0.1) is 0 Å². The molecule has 2 aliphatic heterocycles. The molecule has 5 heteroatoms. The lowest BCUT2D eigenvalue weighted by Gasteiger charge is -2.34. The molecule has 0 aliphatic carbocycles. The third-order valence-electron chi connectivity index (χ3n) is 5.25. The second kappa shape index (κ2) is 8.77. The zero-order chi connectivity index (χ0) is 16.8. The first-order valence-corrected chi connectivity index (χ1v) is 10.2. The monoisotopic (exact) mass is 347 g/mol. The smallest absolute Gasteiger partial charge is 0.317 e. The molecule has 1 atom stereocenters. The van der Waals surface area contributed by atoms with Crippen molar-refractivity contribution in [1.29, 1.82) is 0 Å². The highest BCUT2D eigenvalue weighted by Crippen LogP contribution is 2.21.